The first-order valence-corrected chi connectivity index (χ1v) is 7.41. The Labute approximate surface area is 130 Å². The van der Waals surface area contributed by atoms with Crippen LogP contribution >= 0.6 is 11.6 Å². The van der Waals surface area contributed by atoms with E-state index in [1.54, 1.807) is 0 Å². The molecule has 108 valence electrons. The van der Waals surface area contributed by atoms with Crippen molar-refractivity contribution < 1.29 is 9.31 Å². The molecule has 0 aromatic heterocycles. The minimum Gasteiger partial charge on any atom is -0.406 e. The molecule has 5 heteroatoms. The highest BCUT2D eigenvalue weighted by atomic mass is 35.5. The summed E-state index contributed by atoms with van der Waals surface area (Å²) in [5.41, 5.74) is 9.48. The van der Waals surface area contributed by atoms with Gasteiger partial charge in [0.25, 0.3) is 0 Å². The van der Waals surface area contributed by atoms with Gasteiger partial charge in [-0.15, -0.1) is 0 Å². The van der Waals surface area contributed by atoms with Gasteiger partial charge in [-0.25, -0.2) is 0 Å². The van der Waals surface area contributed by atoms with Crippen LogP contribution < -0.4 is 11.2 Å². The SMILES string of the molecule is NC(COB1OCc2cc(Cl)ccc21)Cc1ccccc1. The first-order chi connectivity index (χ1) is 10.2. The van der Waals surface area contributed by atoms with E-state index in [1.165, 1.54) is 5.56 Å². The van der Waals surface area contributed by atoms with E-state index >= 15 is 0 Å². The van der Waals surface area contributed by atoms with Crippen LogP contribution in [0.4, 0.5) is 0 Å². The highest BCUT2D eigenvalue weighted by Crippen LogP contribution is 2.16. The molecule has 0 saturated heterocycles. The smallest absolute Gasteiger partial charge is 0.406 e. The van der Waals surface area contributed by atoms with Crippen LogP contribution in [-0.4, -0.2) is 19.8 Å². The second kappa shape index (κ2) is 6.63. The van der Waals surface area contributed by atoms with Crippen LogP contribution in [0.25, 0.3) is 0 Å². The van der Waals surface area contributed by atoms with Crippen LogP contribution in [0.15, 0.2) is 48.5 Å². The molecule has 1 unspecified atom stereocenters. The van der Waals surface area contributed by atoms with Gasteiger partial charge in [-0.2, -0.15) is 0 Å². The molecule has 1 atom stereocenters. The summed E-state index contributed by atoms with van der Waals surface area (Å²) in [4.78, 5) is 0. The van der Waals surface area contributed by atoms with Crippen molar-refractivity contribution in [3.05, 3.63) is 64.7 Å². The largest absolute Gasteiger partial charge is 0.494 e. The Morgan fingerprint density at radius 2 is 2.05 bits per heavy atom. The van der Waals surface area contributed by atoms with Crippen molar-refractivity contribution in [2.45, 2.75) is 19.1 Å². The van der Waals surface area contributed by atoms with Crippen molar-refractivity contribution in [1.82, 2.24) is 0 Å². The molecule has 0 fully saturated rings. The lowest BCUT2D eigenvalue weighted by atomic mass is 9.79. The van der Waals surface area contributed by atoms with Crippen LogP contribution in [0, 0.1) is 0 Å². The van der Waals surface area contributed by atoms with E-state index in [0.717, 1.165) is 22.5 Å². The van der Waals surface area contributed by atoms with Crippen molar-refractivity contribution in [3.8, 4) is 0 Å². The molecule has 0 saturated carbocycles. The molecule has 0 bridgehead atoms. The summed E-state index contributed by atoms with van der Waals surface area (Å²) < 4.78 is 11.5. The molecule has 2 aromatic rings. The lowest BCUT2D eigenvalue weighted by Crippen LogP contribution is -2.38. The second-order valence-electron chi connectivity index (χ2n) is 5.27. The van der Waals surface area contributed by atoms with Gasteiger partial charge in [0.05, 0.1) is 6.61 Å². The molecule has 3 nitrogen and oxygen atoms in total. The fourth-order valence-electron chi connectivity index (χ4n) is 2.51. The molecule has 1 heterocycles. The number of hydrogen-bond donors (Lipinski definition) is 1. The predicted octanol–water partition coefficient (Wildman–Crippen LogP) is 2.15. The van der Waals surface area contributed by atoms with E-state index in [0.29, 0.717) is 13.2 Å². The van der Waals surface area contributed by atoms with Gasteiger partial charge >= 0.3 is 7.12 Å². The fourth-order valence-corrected chi connectivity index (χ4v) is 2.70. The Kier molecular flexibility index (Phi) is 4.61. The number of nitrogens with two attached hydrogens (primary N) is 1. The van der Waals surface area contributed by atoms with Crippen molar-refractivity contribution in [3.63, 3.8) is 0 Å². The summed E-state index contributed by atoms with van der Waals surface area (Å²) in [5.74, 6) is 0. The highest BCUT2D eigenvalue weighted by Gasteiger charge is 2.31. The number of rotatable bonds is 5. The van der Waals surface area contributed by atoms with Gasteiger partial charge in [0.15, 0.2) is 0 Å². The van der Waals surface area contributed by atoms with Crippen LogP contribution in [-0.2, 0) is 22.3 Å². The van der Waals surface area contributed by atoms with Crippen LogP contribution in [0.2, 0.25) is 5.02 Å². The molecule has 0 spiro atoms. The summed E-state index contributed by atoms with van der Waals surface area (Å²) in [5, 5.41) is 0.721. The van der Waals surface area contributed by atoms with E-state index < -0.39 is 0 Å². The standard InChI is InChI=1S/C16H17BClNO2/c18-14-6-7-16-13(9-14)10-20-17(16)21-11-15(19)8-12-4-2-1-3-5-12/h1-7,9,15H,8,10-11,19H2. The maximum atomic E-state index is 6.13. The van der Waals surface area contributed by atoms with E-state index in [9.17, 15) is 0 Å². The van der Waals surface area contributed by atoms with E-state index in [2.05, 4.69) is 12.1 Å². The summed E-state index contributed by atoms with van der Waals surface area (Å²) >= 11 is 5.97. The Balaban J connectivity index is 1.55. The molecule has 1 aliphatic rings. The summed E-state index contributed by atoms with van der Waals surface area (Å²) in [6, 6.07) is 15.9. The maximum Gasteiger partial charge on any atom is 0.494 e. The fraction of sp³-hybridized carbons (Fsp3) is 0.250. The number of fused-ring (bicyclic) bond motifs is 1. The lowest BCUT2D eigenvalue weighted by Gasteiger charge is -2.14. The molecule has 0 amide bonds. The third kappa shape index (κ3) is 3.66. The van der Waals surface area contributed by atoms with Crippen molar-refractivity contribution in [2.75, 3.05) is 6.61 Å². The van der Waals surface area contributed by atoms with Crippen LogP contribution in [0.1, 0.15) is 11.1 Å². The molecular formula is C16H17BClNO2. The van der Waals surface area contributed by atoms with Gasteiger partial charge in [0.1, 0.15) is 0 Å². The van der Waals surface area contributed by atoms with E-state index in [-0.39, 0.29) is 13.2 Å². The Morgan fingerprint density at radius 3 is 2.86 bits per heavy atom. The highest BCUT2D eigenvalue weighted by molar-refractivity contribution is 6.63. The van der Waals surface area contributed by atoms with Gasteiger partial charge in [-0.3, -0.25) is 0 Å². The van der Waals surface area contributed by atoms with E-state index in [4.69, 9.17) is 26.6 Å². The quantitative estimate of drug-likeness (QED) is 0.861. The molecule has 1 aliphatic heterocycles. The molecule has 0 radical (unpaired) electrons. The predicted molar refractivity (Wildman–Crippen MR) is 85.7 cm³/mol. The molecule has 2 N–H and O–H groups in total. The van der Waals surface area contributed by atoms with Crippen molar-refractivity contribution >= 4 is 24.2 Å². The maximum absolute atomic E-state index is 6.13. The Bertz CT molecular complexity index is 608. The minimum atomic E-state index is -0.334. The normalized spacial score (nSPS) is 15.0. The van der Waals surface area contributed by atoms with Crippen LogP contribution in [0.5, 0.6) is 0 Å². The van der Waals surface area contributed by atoms with Gasteiger partial charge in [-0.1, -0.05) is 48.0 Å². The second-order valence-corrected chi connectivity index (χ2v) is 5.71. The van der Waals surface area contributed by atoms with Gasteiger partial charge in [0, 0.05) is 17.7 Å². The minimum absolute atomic E-state index is 0.0487. The molecule has 0 aliphatic carbocycles. The molecule has 21 heavy (non-hydrogen) atoms. The average Bonchev–Trinajstić information content (AvgIpc) is 2.88. The molecule has 3 rings (SSSR count). The Hall–Kier alpha value is -1.33. The molecule has 2 aromatic carbocycles. The van der Waals surface area contributed by atoms with Crippen molar-refractivity contribution in [2.24, 2.45) is 5.73 Å². The summed E-state index contributed by atoms with van der Waals surface area (Å²) in [6.07, 6.45) is 0.793. The topological polar surface area (TPSA) is 44.5 Å². The zero-order chi connectivity index (χ0) is 14.7. The zero-order valence-corrected chi connectivity index (χ0v) is 12.4. The lowest BCUT2D eigenvalue weighted by molar-refractivity contribution is 0.200. The summed E-state index contributed by atoms with van der Waals surface area (Å²) in [6.45, 7) is 0.996. The first-order valence-electron chi connectivity index (χ1n) is 7.03. The number of hydrogen-bond acceptors (Lipinski definition) is 3. The zero-order valence-electron chi connectivity index (χ0n) is 11.7. The van der Waals surface area contributed by atoms with E-state index in [1.807, 2.05) is 36.4 Å². The molecular weight excluding hydrogens is 284 g/mol. The van der Waals surface area contributed by atoms with Gasteiger partial charge in [0.2, 0.25) is 0 Å². The first kappa shape index (κ1) is 14.6. The van der Waals surface area contributed by atoms with Crippen LogP contribution in [0.3, 0.4) is 0 Å². The van der Waals surface area contributed by atoms with Crippen molar-refractivity contribution in [1.29, 1.82) is 0 Å². The third-order valence-electron chi connectivity index (χ3n) is 3.55. The number of halogens is 1. The van der Waals surface area contributed by atoms with Gasteiger partial charge < -0.3 is 15.0 Å². The third-order valence-corrected chi connectivity index (χ3v) is 3.79. The number of benzene rings is 2. The Morgan fingerprint density at radius 1 is 1.24 bits per heavy atom. The van der Waals surface area contributed by atoms with Gasteiger partial charge in [-0.05, 0) is 35.1 Å². The monoisotopic (exact) mass is 301 g/mol. The summed E-state index contributed by atoms with van der Waals surface area (Å²) in [7, 11) is -0.334. The average molecular weight is 302 g/mol.